The summed E-state index contributed by atoms with van der Waals surface area (Å²) in [7, 11) is 0. The van der Waals surface area contributed by atoms with E-state index in [9.17, 15) is 0 Å². The van der Waals surface area contributed by atoms with Crippen LogP contribution in [0.15, 0.2) is 35.7 Å². The van der Waals surface area contributed by atoms with Crippen LogP contribution in [0.25, 0.3) is 0 Å². The molecule has 1 aliphatic heterocycles. The smallest absolute Gasteiger partial charge is 0.107 e. The summed E-state index contributed by atoms with van der Waals surface area (Å²) < 4.78 is 0. The van der Waals surface area contributed by atoms with E-state index in [-0.39, 0.29) is 5.54 Å². The molecule has 1 aromatic carbocycles. The van der Waals surface area contributed by atoms with Gasteiger partial charge in [-0.05, 0) is 26.3 Å². The number of nitrogens with zero attached hydrogens (tertiary/aromatic N) is 3. The third-order valence-corrected chi connectivity index (χ3v) is 5.37. The lowest BCUT2D eigenvalue weighted by molar-refractivity contribution is 0.121. The molecule has 1 aromatic heterocycles. The molecule has 25 heavy (non-hydrogen) atoms. The second kappa shape index (κ2) is 8.41. The van der Waals surface area contributed by atoms with Crippen LogP contribution in [0.2, 0.25) is 0 Å². The minimum Gasteiger partial charge on any atom is -0.306 e. The zero-order valence-electron chi connectivity index (χ0n) is 15.7. The number of rotatable bonds is 6. The third-order valence-electron chi connectivity index (χ3n) is 4.47. The predicted molar refractivity (Wildman–Crippen MR) is 106 cm³/mol. The van der Waals surface area contributed by atoms with Gasteiger partial charge in [0.05, 0.1) is 5.69 Å². The van der Waals surface area contributed by atoms with Gasteiger partial charge in [-0.3, -0.25) is 9.80 Å². The van der Waals surface area contributed by atoms with Crippen molar-refractivity contribution in [2.45, 2.75) is 45.9 Å². The molecule has 1 saturated heterocycles. The molecule has 0 bridgehead atoms. The molecule has 0 spiro atoms. The van der Waals surface area contributed by atoms with E-state index in [1.54, 1.807) is 11.3 Å². The largest absolute Gasteiger partial charge is 0.306 e. The van der Waals surface area contributed by atoms with Gasteiger partial charge in [-0.15, -0.1) is 11.3 Å². The van der Waals surface area contributed by atoms with Gasteiger partial charge in [0.15, 0.2) is 0 Å². The van der Waals surface area contributed by atoms with Crippen LogP contribution in [-0.4, -0.2) is 46.5 Å². The topological polar surface area (TPSA) is 31.4 Å². The van der Waals surface area contributed by atoms with Gasteiger partial charge >= 0.3 is 0 Å². The maximum absolute atomic E-state index is 4.79. The van der Waals surface area contributed by atoms with Gasteiger partial charge in [0.2, 0.25) is 0 Å². The number of hydrogen-bond acceptors (Lipinski definition) is 5. The Morgan fingerprint density at radius 3 is 2.28 bits per heavy atom. The zero-order chi connectivity index (χ0) is 17.7. The Bertz CT molecular complexity index is 639. The van der Waals surface area contributed by atoms with Crippen LogP contribution in [0.1, 0.15) is 37.0 Å². The standard InChI is InChI=1S/C20H30N4S/c1-20(2,3)21-13-19-22-18(16-25-19)15-24-11-9-23(10-12-24)14-17-7-5-4-6-8-17/h4-8,16,21H,9-15H2,1-3H3. The number of thiazole rings is 1. The number of aromatic nitrogens is 1. The van der Waals surface area contributed by atoms with E-state index < -0.39 is 0 Å². The van der Waals surface area contributed by atoms with Crippen LogP contribution in [0.5, 0.6) is 0 Å². The van der Waals surface area contributed by atoms with Gasteiger partial charge in [0, 0.05) is 56.7 Å². The number of benzene rings is 1. The maximum Gasteiger partial charge on any atom is 0.107 e. The lowest BCUT2D eigenvalue weighted by atomic mass is 10.1. The molecular weight excluding hydrogens is 328 g/mol. The Hall–Kier alpha value is -1.27. The fourth-order valence-corrected chi connectivity index (χ4v) is 3.74. The monoisotopic (exact) mass is 358 g/mol. The van der Waals surface area contributed by atoms with Crippen molar-refractivity contribution in [3.05, 3.63) is 52.0 Å². The minimum absolute atomic E-state index is 0.140. The molecule has 0 unspecified atom stereocenters. The summed E-state index contributed by atoms with van der Waals surface area (Å²) in [6.45, 7) is 14.0. The van der Waals surface area contributed by atoms with Crippen LogP contribution in [0.4, 0.5) is 0 Å². The van der Waals surface area contributed by atoms with Crippen molar-refractivity contribution in [3.63, 3.8) is 0 Å². The highest BCUT2D eigenvalue weighted by molar-refractivity contribution is 7.09. The van der Waals surface area contributed by atoms with Gasteiger partial charge in [-0.25, -0.2) is 4.98 Å². The van der Waals surface area contributed by atoms with E-state index in [0.29, 0.717) is 0 Å². The van der Waals surface area contributed by atoms with Crippen molar-refractivity contribution < 1.29 is 0 Å². The van der Waals surface area contributed by atoms with Crippen molar-refractivity contribution in [1.29, 1.82) is 0 Å². The molecule has 3 rings (SSSR count). The maximum atomic E-state index is 4.79. The Balaban J connectivity index is 1.42. The van der Waals surface area contributed by atoms with Gasteiger partial charge in [0.1, 0.15) is 5.01 Å². The van der Waals surface area contributed by atoms with E-state index in [2.05, 4.69) is 71.6 Å². The summed E-state index contributed by atoms with van der Waals surface area (Å²) >= 11 is 1.77. The van der Waals surface area contributed by atoms with E-state index in [1.165, 1.54) is 16.3 Å². The average Bonchev–Trinajstić information content (AvgIpc) is 3.03. The minimum atomic E-state index is 0.140. The molecule has 2 aromatic rings. The van der Waals surface area contributed by atoms with Crippen molar-refractivity contribution in [2.75, 3.05) is 26.2 Å². The first kappa shape index (κ1) is 18.5. The Morgan fingerprint density at radius 2 is 1.64 bits per heavy atom. The lowest BCUT2D eigenvalue weighted by Gasteiger charge is -2.34. The van der Waals surface area contributed by atoms with Crippen LogP contribution in [0, 0.1) is 0 Å². The highest BCUT2D eigenvalue weighted by Crippen LogP contribution is 2.15. The molecule has 136 valence electrons. The van der Waals surface area contributed by atoms with Crippen LogP contribution < -0.4 is 5.32 Å². The first-order valence-corrected chi connectivity index (χ1v) is 10.0. The molecule has 0 radical (unpaired) electrons. The number of hydrogen-bond donors (Lipinski definition) is 1. The summed E-state index contributed by atoms with van der Waals surface area (Å²) in [5, 5.41) is 6.92. The zero-order valence-corrected chi connectivity index (χ0v) is 16.5. The summed E-state index contributed by atoms with van der Waals surface area (Å²) in [4.78, 5) is 9.87. The van der Waals surface area contributed by atoms with E-state index in [1.807, 2.05) is 0 Å². The Kier molecular flexibility index (Phi) is 6.23. The number of nitrogens with one attached hydrogen (secondary N) is 1. The molecule has 0 atom stereocenters. The highest BCUT2D eigenvalue weighted by Gasteiger charge is 2.18. The molecule has 0 saturated carbocycles. The average molecular weight is 359 g/mol. The summed E-state index contributed by atoms with van der Waals surface area (Å²) in [6.07, 6.45) is 0. The quantitative estimate of drug-likeness (QED) is 0.858. The van der Waals surface area contributed by atoms with E-state index in [4.69, 9.17) is 4.98 Å². The fraction of sp³-hybridized carbons (Fsp3) is 0.550. The van der Waals surface area contributed by atoms with Crippen molar-refractivity contribution in [3.8, 4) is 0 Å². The summed E-state index contributed by atoms with van der Waals surface area (Å²) in [5.41, 5.74) is 2.76. The molecule has 2 heterocycles. The summed E-state index contributed by atoms with van der Waals surface area (Å²) in [6, 6.07) is 10.8. The predicted octanol–water partition coefficient (Wildman–Crippen LogP) is 3.35. The lowest BCUT2D eigenvalue weighted by Crippen LogP contribution is -2.45. The van der Waals surface area contributed by atoms with Crippen LogP contribution >= 0.6 is 11.3 Å². The second-order valence-corrected chi connectivity index (χ2v) is 8.82. The molecular formula is C20H30N4S. The summed E-state index contributed by atoms with van der Waals surface area (Å²) in [5.74, 6) is 0. The molecule has 0 amide bonds. The number of piperazine rings is 1. The first-order valence-electron chi connectivity index (χ1n) is 9.15. The molecule has 1 fully saturated rings. The fourth-order valence-electron chi connectivity index (χ4n) is 3.02. The van der Waals surface area contributed by atoms with E-state index >= 15 is 0 Å². The van der Waals surface area contributed by atoms with Crippen molar-refractivity contribution >= 4 is 11.3 Å². The van der Waals surface area contributed by atoms with Crippen LogP contribution in [0.3, 0.4) is 0 Å². The Morgan fingerprint density at radius 1 is 1.00 bits per heavy atom. The normalized spacial score (nSPS) is 17.1. The van der Waals surface area contributed by atoms with Gasteiger partial charge in [-0.2, -0.15) is 0 Å². The van der Waals surface area contributed by atoms with Gasteiger partial charge in [0.25, 0.3) is 0 Å². The van der Waals surface area contributed by atoms with E-state index in [0.717, 1.165) is 45.8 Å². The molecule has 1 N–H and O–H groups in total. The van der Waals surface area contributed by atoms with Gasteiger partial charge in [-0.1, -0.05) is 30.3 Å². The van der Waals surface area contributed by atoms with Crippen molar-refractivity contribution in [2.24, 2.45) is 0 Å². The molecule has 5 heteroatoms. The highest BCUT2D eigenvalue weighted by atomic mass is 32.1. The van der Waals surface area contributed by atoms with Crippen molar-refractivity contribution in [1.82, 2.24) is 20.1 Å². The van der Waals surface area contributed by atoms with Crippen LogP contribution in [-0.2, 0) is 19.6 Å². The Labute approximate surface area is 155 Å². The second-order valence-electron chi connectivity index (χ2n) is 7.87. The molecule has 4 nitrogen and oxygen atoms in total. The SMILES string of the molecule is CC(C)(C)NCc1nc(CN2CCN(Cc3ccccc3)CC2)cs1. The first-order chi connectivity index (χ1) is 12.0. The van der Waals surface area contributed by atoms with Gasteiger partial charge < -0.3 is 5.32 Å². The molecule has 1 aliphatic rings. The molecule has 0 aliphatic carbocycles. The third kappa shape index (κ3) is 6.19.